The summed E-state index contributed by atoms with van der Waals surface area (Å²) in [6.45, 7) is 4.53. The van der Waals surface area contributed by atoms with E-state index >= 15 is 0 Å². The average Bonchev–Trinajstić information content (AvgIpc) is 2.21. The highest BCUT2D eigenvalue weighted by molar-refractivity contribution is 6.30. The number of nitrogens with one attached hydrogen (secondary N) is 1. The summed E-state index contributed by atoms with van der Waals surface area (Å²) in [6, 6.07) is 7.79. The van der Waals surface area contributed by atoms with Crippen molar-refractivity contribution >= 4 is 11.6 Å². The van der Waals surface area contributed by atoms with E-state index in [0.717, 1.165) is 11.4 Å². The second kappa shape index (κ2) is 5.67. The first kappa shape index (κ1) is 13.5. The highest BCUT2D eigenvalue weighted by Gasteiger charge is 2.27. The molecule has 0 heterocycles. The SMILES string of the molecule is CNCC(C)(O)C(C)Cc1ccc(Cl)cc1. The highest BCUT2D eigenvalue weighted by atomic mass is 35.5. The molecule has 0 saturated carbocycles. The number of hydrogen-bond acceptors (Lipinski definition) is 2. The summed E-state index contributed by atoms with van der Waals surface area (Å²) in [6.07, 6.45) is 0.853. The smallest absolute Gasteiger partial charge is 0.0771 e. The van der Waals surface area contributed by atoms with Crippen molar-refractivity contribution in [3.05, 3.63) is 34.9 Å². The van der Waals surface area contributed by atoms with Gasteiger partial charge in [-0.25, -0.2) is 0 Å². The van der Waals surface area contributed by atoms with E-state index in [1.807, 2.05) is 38.2 Å². The summed E-state index contributed by atoms with van der Waals surface area (Å²) >= 11 is 5.83. The van der Waals surface area contributed by atoms with Crippen LogP contribution in [0.2, 0.25) is 5.02 Å². The molecule has 0 aliphatic rings. The topological polar surface area (TPSA) is 32.3 Å². The molecule has 2 unspecified atom stereocenters. The van der Waals surface area contributed by atoms with Crippen LogP contribution in [0.3, 0.4) is 0 Å². The van der Waals surface area contributed by atoms with Gasteiger partial charge in [-0.3, -0.25) is 0 Å². The third kappa shape index (κ3) is 3.78. The van der Waals surface area contributed by atoms with Gasteiger partial charge in [0.1, 0.15) is 0 Å². The Labute approximate surface area is 103 Å². The summed E-state index contributed by atoms with van der Waals surface area (Å²) in [5, 5.41) is 14.0. The monoisotopic (exact) mass is 241 g/mol. The fourth-order valence-corrected chi connectivity index (χ4v) is 1.85. The molecule has 16 heavy (non-hydrogen) atoms. The molecule has 0 bridgehead atoms. The summed E-state index contributed by atoms with van der Waals surface area (Å²) in [4.78, 5) is 0. The van der Waals surface area contributed by atoms with E-state index in [4.69, 9.17) is 11.6 Å². The highest BCUT2D eigenvalue weighted by Crippen LogP contribution is 2.21. The van der Waals surface area contributed by atoms with Crippen LogP contribution in [0.5, 0.6) is 0 Å². The zero-order valence-corrected chi connectivity index (χ0v) is 10.9. The first-order valence-corrected chi connectivity index (χ1v) is 5.95. The van der Waals surface area contributed by atoms with Crippen LogP contribution in [0, 0.1) is 5.92 Å². The van der Waals surface area contributed by atoms with Gasteiger partial charge in [-0.1, -0.05) is 30.7 Å². The normalized spacial score (nSPS) is 16.8. The Kier molecular flexibility index (Phi) is 4.78. The van der Waals surface area contributed by atoms with Crippen molar-refractivity contribution < 1.29 is 5.11 Å². The molecule has 1 aromatic carbocycles. The molecular formula is C13H20ClNO. The van der Waals surface area contributed by atoms with Crippen LogP contribution in [0.25, 0.3) is 0 Å². The van der Waals surface area contributed by atoms with Gasteiger partial charge in [0.15, 0.2) is 0 Å². The lowest BCUT2D eigenvalue weighted by Crippen LogP contribution is -2.42. The standard InChI is InChI=1S/C13H20ClNO/c1-10(13(2,16)9-15-3)8-11-4-6-12(14)7-5-11/h4-7,10,15-16H,8-9H2,1-3H3. The largest absolute Gasteiger partial charge is 0.389 e. The van der Waals surface area contributed by atoms with E-state index < -0.39 is 5.60 Å². The first-order chi connectivity index (χ1) is 7.45. The van der Waals surface area contributed by atoms with Gasteiger partial charge in [0.2, 0.25) is 0 Å². The van der Waals surface area contributed by atoms with Gasteiger partial charge >= 0.3 is 0 Å². The lowest BCUT2D eigenvalue weighted by atomic mass is 9.85. The molecule has 0 spiro atoms. The van der Waals surface area contributed by atoms with Crippen molar-refractivity contribution in [1.82, 2.24) is 5.32 Å². The maximum Gasteiger partial charge on any atom is 0.0771 e. The van der Waals surface area contributed by atoms with E-state index in [1.165, 1.54) is 5.56 Å². The minimum atomic E-state index is -0.686. The molecule has 2 N–H and O–H groups in total. The Hall–Kier alpha value is -0.570. The molecule has 1 aromatic rings. The van der Waals surface area contributed by atoms with Gasteiger partial charge in [-0.2, -0.15) is 0 Å². The minimum absolute atomic E-state index is 0.195. The molecule has 0 amide bonds. The van der Waals surface area contributed by atoms with E-state index in [9.17, 15) is 5.11 Å². The average molecular weight is 242 g/mol. The van der Waals surface area contributed by atoms with Crippen molar-refractivity contribution in [2.75, 3.05) is 13.6 Å². The predicted octanol–water partition coefficient (Wildman–Crippen LogP) is 2.49. The molecule has 0 fully saturated rings. The van der Waals surface area contributed by atoms with E-state index in [0.29, 0.717) is 6.54 Å². The van der Waals surface area contributed by atoms with Crippen molar-refractivity contribution in [3.8, 4) is 0 Å². The van der Waals surface area contributed by atoms with Gasteiger partial charge in [0, 0.05) is 11.6 Å². The molecule has 3 heteroatoms. The van der Waals surface area contributed by atoms with Crippen LogP contribution in [-0.2, 0) is 6.42 Å². The number of benzene rings is 1. The quantitative estimate of drug-likeness (QED) is 0.830. The van der Waals surface area contributed by atoms with Crippen LogP contribution in [-0.4, -0.2) is 24.3 Å². The van der Waals surface area contributed by atoms with Crippen LogP contribution >= 0.6 is 11.6 Å². The number of aliphatic hydroxyl groups is 1. The predicted molar refractivity (Wildman–Crippen MR) is 68.9 cm³/mol. The van der Waals surface area contributed by atoms with Gasteiger partial charge in [-0.05, 0) is 44.0 Å². The van der Waals surface area contributed by atoms with Crippen LogP contribution < -0.4 is 5.32 Å². The van der Waals surface area contributed by atoms with Crippen molar-refractivity contribution in [2.24, 2.45) is 5.92 Å². The van der Waals surface area contributed by atoms with Gasteiger partial charge in [-0.15, -0.1) is 0 Å². The minimum Gasteiger partial charge on any atom is -0.389 e. The van der Waals surface area contributed by atoms with Gasteiger partial charge in [0.25, 0.3) is 0 Å². The van der Waals surface area contributed by atoms with Crippen molar-refractivity contribution in [3.63, 3.8) is 0 Å². The van der Waals surface area contributed by atoms with Crippen molar-refractivity contribution in [2.45, 2.75) is 25.9 Å². The summed E-state index contributed by atoms with van der Waals surface area (Å²) in [7, 11) is 1.85. The van der Waals surface area contributed by atoms with Gasteiger partial charge in [0.05, 0.1) is 5.60 Å². The number of rotatable bonds is 5. The summed E-state index contributed by atoms with van der Waals surface area (Å²) in [5.41, 5.74) is 0.516. The zero-order chi connectivity index (χ0) is 12.2. The molecule has 2 nitrogen and oxygen atoms in total. The molecular weight excluding hydrogens is 222 g/mol. The van der Waals surface area contributed by atoms with Crippen LogP contribution in [0.4, 0.5) is 0 Å². The second-order valence-electron chi connectivity index (χ2n) is 4.62. The lowest BCUT2D eigenvalue weighted by Gasteiger charge is -2.30. The molecule has 0 aliphatic carbocycles. The fourth-order valence-electron chi connectivity index (χ4n) is 1.73. The maximum atomic E-state index is 10.2. The zero-order valence-electron chi connectivity index (χ0n) is 10.1. The Bertz CT molecular complexity index is 321. The van der Waals surface area contributed by atoms with Crippen molar-refractivity contribution in [1.29, 1.82) is 0 Å². The number of likely N-dealkylation sites (N-methyl/N-ethyl adjacent to an activating group) is 1. The molecule has 90 valence electrons. The molecule has 2 atom stereocenters. The molecule has 1 rings (SSSR count). The maximum absolute atomic E-state index is 10.2. The molecule has 0 aliphatic heterocycles. The number of halogens is 1. The third-order valence-electron chi connectivity index (χ3n) is 3.05. The van der Waals surface area contributed by atoms with Gasteiger partial charge < -0.3 is 10.4 Å². The second-order valence-corrected chi connectivity index (χ2v) is 5.06. The Morgan fingerprint density at radius 2 is 1.94 bits per heavy atom. The van der Waals surface area contributed by atoms with Crippen LogP contribution in [0.15, 0.2) is 24.3 Å². The Morgan fingerprint density at radius 3 is 2.44 bits per heavy atom. The van der Waals surface area contributed by atoms with E-state index in [-0.39, 0.29) is 5.92 Å². The van der Waals surface area contributed by atoms with E-state index in [1.54, 1.807) is 0 Å². The summed E-state index contributed by atoms with van der Waals surface area (Å²) in [5.74, 6) is 0.195. The van der Waals surface area contributed by atoms with E-state index in [2.05, 4.69) is 12.2 Å². The Balaban J connectivity index is 2.63. The summed E-state index contributed by atoms with van der Waals surface area (Å²) < 4.78 is 0. The molecule has 0 saturated heterocycles. The lowest BCUT2D eigenvalue weighted by molar-refractivity contribution is 0.00881. The Morgan fingerprint density at radius 1 is 1.38 bits per heavy atom. The third-order valence-corrected chi connectivity index (χ3v) is 3.30. The fraction of sp³-hybridized carbons (Fsp3) is 0.538. The number of hydrogen-bond donors (Lipinski definition) is 2. The first-order valence-electron chi connectivity index (χ1n) is 5.57. The molecule has 0 radical (unpaired) electrons. The van der Waals surface area contributed by atoms with Crippen LogP contribution in [0.1, 0.15) is 19.4 Å². The molecule has 0 aromatic heterocycles.